The average Bonchev–Trinajstić information content (AvgIpc) is 2.27. The van der Waals surface area contributed by atoms with Crippen LogP contribution in [-0.4, -0.2) is 10.7 Å². The molecule has 0 bridgehead atoms. The van der Waals surface area contributed by atoms with Gasteiger partial charge in [0.2, 0.25) is 0 Å². The fourth-order valence-corrected chi connectivity index (χ4v) is 1.99. The molecule has 0 aliphatic rings. The maximum atomic E-state index is 12.2. The van der Waals surface area contributed by atoms with Crippen molar-refractivity contribution in [3.63, 3.8) is 0 Å². The van der Waals surface area contributed by atoms with E-state index in [9.17, 15) is 4.79 Å². The van der Waals surface area contributed by atoms with E-state index in [2.05, 4.69) is 0 Å². The normalized spacial score (nSPS) is 11.4. The number of pyridine rings is 1. The lowest BCUT2D eigenvalue weighted by atomic mass is 10.1. The molecular weight excluding hydrogens is 226 g/mol. The summed E-state index contributed by atoms with van der Waals surface area (Å²) in [7, 11) is 0. The van der Waals surface area contributed by atoms with Crippen LogP contribution < -0.4 is 10.3 Å². The SMILES string of the molecule is CC(C)Oc1ccc2c(=O)n(C(C)C)ccc2c1. The third kappa shape index (κ3) is 2.40. The van der Waals surface area contributed by atoms with E-state index in [0.717, 1.165) is 16.5 Å². The summed E-state index contributed by atoms with van der Waals surface area (Å²) in [6.07, 6.45) is 1.98. The number of benzene rings is 1. The summed E-state index contributed by atoms with van der Waals surface area (Å²) in [4.78, 5) is 12.2. The molecule has 0 atom stereocenters. The van der Waals surface area contributed by atoms with Crippen molar-refractivity contribution in [2.75, 3.05) is 0 Å². The first-order valence-corrected chi connectivity index (χ1v) is 6.30. The van der Waals surface area contributed by atoms with E-state index in [4.69, 9.17) is 4.74 Å². The van der Waals surface area contributed by atoms with Gasteiger partial charge < -0.3 is 9.30 Å². The van der Waals surface area contributed by atoms with Crippen molar-refractivity contribution in [3.8, 4) is 5.75 Å². The molecule has 1 aromatic carbocycles. The first kappa shape index (κ1) is 12.7. The molecule has 0 saturated carbocycles. The highest BCUT2D eigenvalue weighted by Crippen LogP contribution is 2.20. The Bertz CT molecular complexity index is 611. The smallest absolute Gasteiger partial charge is 0.258 e. The Hall–Kier alpha value is -1.77. The molecule has 0 radical (unpaired) electrons. The molecule has 0 N–H and O–H groups in total. The standard InChI is InChI=1S/C15H19NO2/c1-10(2)16-8-7-12-9-13(18-11(3)4)5-6-14(12)15(16)17/h5-11H,1-4H3. The number of hydrogen-bond donors (Lipinski definition) is 0. The maximum Gasteiger partial charge on any atom is 0.258 e. The number of fused-ring (bicyclic) bond motifs is 1. The number of nitrogens with zero attached hydrogens (tertiary/aromatic N) is 1. The predicted molar refractivity (Wildman–Crippen MR) is 74.4 cm³/mol. The molecule has 18 heavy (non-hydrogen) atoms. The zero-order chi connectivity index (χ0) is 13.3. The van der Waals surface area contributed by atoms with Crippen LogP contribution in [0.5, 0.6) is 5.75 Å². The van der Waals surface area contributed by atoms with E-state index in [1.54, 1.807) is 4.57 Å². The summed E-state index contributed by atoms with van der Waals surface area (Å²) in [5, 5.41) is 1.66. The molecule has 2 aromatic rings. The molecule has 0 unspecified atom stereocenters. The number of aromatic nitrogens is 1. The first-order chi connectivity index (χ1) is 8.49. The summed E-state index contributed by atoms with van der Waals surface area (Å²) in [6, 6.07) is 7.75. The van der Waals surface area contributed by atoms with E-state index in [-0.39, 0.29) is 17.7 Å². The lowest BCUT2D eigenvalue weighted by Crippen LogP contribution is -2.21. The molecule has 1 aromatic heterocycles. The van der Waals surface area contributed by atoms with Crippen LogP contribution in [0.3, 0.4) is 0 Å². The van der Waals surface area contributed by atoms with Gasteiger partial charge in [-0.1, -0.05) is 0 Å². The molecule has 2 rings (SSSR count). The Labute approximate surface area is 107 Å². The van der Waals surface area contributed by atoms with E-state index in [1.807, 2.05) is 58.2 Å². The second-order valence-electron chi connectivity index (χ2n) is 5.04. The van der Waals surface area contributed by atoms with Gasteiger partial charge >= 0.3 is 0 Å². The van der Waals surface area contributed by atoms with Crippen LogP contribution in [0.4, 0.5) is 0 Å². The third-order valence-corrected chi connectivity index (χ3v) is 2.83. The summed E-state index contributed by atoms with van der Waals surface area (Å²) in [5.41, 5.74) is 0.0543. The highest BCUT2D eigenvalue weighted by molar-refractivity contribution is 5.82. The van der Waals surface area contributed by atoms with Gasteiger partial charge in [-0.05, 0) is 57.3 Å². The molecule has 0 spiro atoms. The molecule has 3 nitrogen and oxygen atoms in total. The number of rotatable bonds is 3. The fraction of sp³-hybridized carbons (Fsp3) is 0.400. The van der Waals surface area contributed by atoms with Gasteiger partial charge in [0.15, 0.2) is 0 Å². The minimum absolute atomic E-state index is 0.0543. The Kier molecular flexibility index (Phi) is 3.41. The van der Waals surface area contributed by atoms with Crippen LogP contribution in [0.25, 0.3) is 10.8 Å². The molecule has 96 valence electrons. The summed E-state index contributed by atoms with van der Waals surface area (Å²) >= 11 is 0. The number of ether oxygens (including phenoxy) is 1. The average molecular weight is 245 g/mol. The van der Waals surface area contributed by atoms with Gasteiger partial charge in [-0.3, -0.25) is 4.79 Å². The van der Waals surface area contributed by atoms with Crippen molar-refractivity contribution in [1.29, 1.82) is 0 Å². The van der Waals surface area contributed by atoms with Gasteiger partial charge in [-0.15, -0.1) is 0 Å². The van der Waals surface area contributed by atoms with Gasteiger partial charge in [-0.2, -0.15) is 0 Å². The summed E-state index contributed by atoms with van der Waals surface area (Å²) in [5.74, 6) is 0.805. The molecule has 0 aliphatic carbocycles. The predicted octanol–water partition coefficient (Wildman–Crippen LogP) is 3.37. The molecular formula is C15H19NO2. The Balaban J connectivity index is 2.54. The van der Waals surface area contributed by atoms with E-state index in [0.29, 0.717) is 0 Å². The molecule has 3 heteroatoms. The van der Waals surface area contributed by atoms with Gasteiger partial charge in [0.25, 0.3) is 5.56 Å². The Morgan fingerprint density at radius 2 is 1.83 bits per heavy atom. The molecule has 0 fully saturated rings. The lowest BCUT2D eigenvalue weighted by Gasteiger charge is -2.13. The van der Waals surface area contributed by atoms with E-state index in [1.165, 1.54) is 0 Å². The minimum atomic E-state index is 0.0543. The Morgan fingerprint density at radius 1 is 1.11 bits per heavy atom. The minimum Gasteiger partial charge on any atom is -0.491 e. The second-order valence-corrected chi connectivity index (χ2v) is 5.04. The molecule has 0 aliphatic heterocycles. The van der Waals surface area contributed by atoms with Gasteiger partial charge in [0.1, 0.15) is 5.75 Å². The van der Waals surface area contributed by atoms with E-state index >= 15 is 0 Å². The van der Waals surface area contributed by atoms with Gasteiger partial charge in [0.05, 0.1) is 6.10 Å². The highest BCUT2D eigenvalue weighted by Gasteiger charge is 2.06. The molecule has 0 amide bonds. The van der Waals surface area contributed by atoms with Gasteiger partial charge in [-0.25, -0.2) is 0 Å². The highest BCUT2D eigenvalue weighted by atomic mass is 16.5. The van der Waals surface area contributed by atoms with Crippen molar-refractivity contribution in [2.45, 2.75) is 39.8 Å². The van der Waals surface area contributed by atoms with Crippen molar-refractivity contribution in [3.05, 3.63) is 40.8 Å². The van der Waals surface area contributed by atoms with Crippen LogP contribution in [0, 0.1) is 0 Å². The quantitative estimate of drug-likeness (QED) is 0.830. The Morgan fingerprint density at radius 3 is 2.44 bits per heavy atom. The zero-order valence-corrected chi connectivity index (χ0v) is 11.3. The summed E-state index contributed by atoms with van der Waals surface area (Å²) in [6.45, 7) is 7.98. The second kappa shape index (κ2) is 4.84. The molecule has 0 saturated heterocycles. The van der Waals surface area contributed by atoms with Crippen LogP contribution >= 0.6 is 0 Å². The van der Waals surface area contributed by atoms with E-state index < -0.39 is 0 Å². The van der Waals surface area contributed by atoms with Gasteiger partial charge in [0, 0.05) is 17.6 Å². The van der Waals surface area contributed by atoms with Crippen LogP contribution in [-0.2, 0) is 0 Å². The topological polar surface area (TPSA) is 31.2 Å². The summed E-state index contributed by atoms with van der Waals surface area (Å²) < 4.78 is 7.37. The first-order valence-electron chi connectivity index (χ1n) is 6.30. The fourth-order valence-electron chi connectivity index (χ4n) is 1.99. The lowest BCUT2D eigenvalue weighted by molar-refractivity contribution is 0.243. The van der Waals surface area contributed by atoms with Crippen LogP contribution in [0.1, 0.15) is 33.7 Å². The zero-order valence-electron chi connectivity index (χ0n) is 11.3. The number of hydrogen-bond acceptors (Lipinski definition) is 2. The van der Waals surface area contributed by atoms with Crippen molar-refractivity contribution in [2.24, 2.45) is 0 Å². The largest absolute Gasteiger partial charge is 0.491 e. The maximum absolute atomic E-state index is 12.2. The van der Waals surface area contributed by atoms with Crippen LogP contribution in [0.15, 0.2) is 35.3 Å². The third-order valence-electron chi connectivity index (χ3n) is 2.83. The van der Waals surface area contributed by atoms with Crippen molar-refractivity contribution in [1.82, 2.24) is 4.57 Å². The monoisotopic (exact) mass is 245 g/mol. The van der Waals surface area contributed by atoms with Crippen molar-refractivity contribution >= 4 is 10.8 Å². The molecule has 1 heterocycles. The van der Waals surface area contributed by atoms with Crippen LogP contribution in [0.2, 0.25) is 0 Å². The van der Waals surface area contributed by atoms with Crippen molar-refractivity contribution < 1.29 is 4.74 Å².